The molecule has 2 heterocycles. The van der Waals surface area contributed by atoms with Gasteiger partial charge in [0.15, 0.2) is 0 Å². The van der Waals surface area contributed by atoms with E-state index in [9.17, 15) is 9.59 Å². The highest BCUT2D eigenvalue weighted by molar-refractivity contribution is 5.83. The van der Waals surface area contributed by atoms with E-state index in [4.69, 9.17) is 0 Å². The second-order valence-electron chi connectivity index (χ2n) is 5.73. The molecule has 20 heavy (non-hydrogen) atoms. The highest BCUT2D eigenvalue weighted by Crippen LogP contribution is 2.07. The number of amides is 2. The van der Waals surface area contributed by atoms with Gasteiger partial charge < -0.3 is 20.4 Å². The molecule has 2 aliphatic heterocycles. The van der Waals surface area contributed by atoms with Crippen LogP contribution in [0.5, 0.6) is 0 Å². The Kier molecular flexibility index (Phi) is 5.79. The fourth-order valence-corrected chi connectivity index (χ4v) is 2.71. The van der Waals surface area contributed by atoms with Gasteiger partial charge in [0.2, 0.25) is 11.8 Å². The molecule has 0 aromatic heterocycles. The molecule has 0 radical (unpaired) electrons. The molecule has 114 valence electrons. The van der Waals surface area contributed by atoms with Crippen LogP contribution in [0, 0.1) is 0 Å². The molecule has 2 saturated heterocycles. The summed E-state index contributed by atoms with van der Waals surface area (Å²) in [6.07, 6.45) is 3.55. The van der Waals surface area contributed by atoms with E-state index in [1.165, 1.54) is 0 Å². The maximum Gasteiger partial charge on any atom is 0.237 e. The fourth-order valence-electron chi connectivity index (χ4n) is 2.71. The van der Waals surface area contributed by atoms with E-state index in [1.807, 2.05) is 4.90 Å². The first kappa shape index (κ1) is 15.3. The average Bonchev–Trinajstić information content (AvgIpc) is 2.48. The molecule has 2 rings (SSSR count). The van der Waals surface area contributed by atoms with Crippen LogP contribution in [0.25, 0.3) is 0 Å². The maximum absolute atomic E-state index is 12.0. The zero-order valence-electron chi connectivity index (χ0n) is 12.4. The van der Waals surface area contributed by atoms with Gasteiger partial charge in [0.1, 0.15) is 0 Å². The van der Waals surface area contributed by atoms with E-state index in [-0.39, 0.29) is 17.9 Å². The van der Waals surface area contributed by atoms with Crippen molar-refractivity contribution in [2.45, 2.75) is 31.7 Å². The highest BCUT2D eigenvalue weighted by Gasteiger charge is 2.21. The third-order valence-electron chi connectivity index (χ3n) is 4.12. The van der Waals surface area contributed by atoms with Gasteiger partial charge in [0.05, 0.1) is 6.04 Å². The summed E-state index contributed by atoms with van der Waals surface area (Å²) in [4.78, 5) is 28.0. The number of nitrogens with one attached hydrogen (secondary N) is 2. The Morgan fingerprint density at radius 2 is 1.95 bits per heavy atom. The van der Waals surface area contributed by atoms with Crippen molar-refractivity contribution in [1.82, 2.24) is 20.4 Å². The maximum atomic E-state index is 12.0. The van der Waals surface area contributed by atoms with Gasteiger partial charge in [-0.1, -0.05) is 6.42 Å². The normalized spacial score (nSPS) is 24.4. The number of likely N-dealkylation sites (N-methyl/N-ethyl adjacent to an activating group) is 1. The number of piperazine rings is 1. The van der Waals surface area contributed by atoms with Gasteiger partial charge >= 0.3 is 0 Å². The van der Waals surface area contributed by atoms with Crippen LogP contribution in [-0.4, -0.2) is 74.0 Å². The van der Waals surface area contributed by atoms with Gasteiger partial charge in [0.25, 0.3) is 0 Å². The predicted molar refractivity (Wildman–Crippen MR) is 77.3 cm³/mol. The first-order valence-electron chi connectivity index (χ1n) is 7.64. The standard InChI is InChI=1S/C14H26N4O2/c1-17-8-10-18(11-9-17)13(19)5-7-16-14(20)12-4-2-3-6-15-12/h12,15H,2-11H2,1H3,(H,16,20)/t12-/m1/s1. The van der Waals surface area contributed by atoms with Crippen molar-refractivity contribution in [3.05, 3.63) is 0 Å². The Balaban J connectivity index is 1.62. The number of rotatable bonds is 4. The number of hydrogen-bond donors (Lipinski definition) is 2. The zero-order valence-corrected chi connectivity index (χ0v) is 12.4. The molecular weight excluding hydrogens is 256 g/mol. The lowest BCUT2D eigenvalue weighted by molar-refractivity contribution is -0.132. The van der Waals surface area contributed by atoms with Gasteiger partial charge in [-0.25, -0.2) is 0 Å². The topological polar surface area (TPSA) is 64.7 Å². The summed E-state index contributed by atoms with van der Waals surface area (Å²) in [5.41, 5.74) is 0. The number of hydrogen-bond acceptors (Lipinski definition) is 4. The van der Waals surface area contributed by atoms with Gasteiger partial charge in [-0.05, 0) is 26.4 Å². The molecule has 0 aromatic carbocycles. The molecule has 0 aromatic rings. The molecule has 0 unspecified atom stereocenters. The van der Waals surface area contributed by atoms with Gasteiger partial charge in [-0.3, -0.25) is 9.59 Å². The van der Waals surface area contributed by atoms with Crippen molar-refractivity contribution in [1.29, 1.82) is 0 Å². The van der Waals surface area contributed by atoms with Crippen molar-refractivity contribution in [3.63, 3.8) is 0 Å². The SMILES string of the molecule is CN1CCN(C(=O)CCNC(=O)[C@H]2CCCCN2)CC1. The largest absolute Gasteiger partial charge is 0.354 e. The van der Waals surface area contributed by atoms with Crippen LogP contribution in [-0.2, 0) is 9.59 Å². The molecule has 2 amide bonds. The Morgan fingerprint density at radius 3 is 2.60 bits per heavy atom. The monoisotopic (exact) mass is 282 g/mol. The summed E-state index contributed by atoms with van der Waals surface area (Å²) >= 11 is 0. The minimum absolute atomic E-state index is 0.0378. The lowest BCUT2D eigenvalue weighted by atomic mass is 10.0. The van der Waals surface area contributed by atoms with Crippen molar-refractivity contribution < 1.29 is 9.59 Å². The van der Waals surface area contributed by atoms with Crippen LogP contribution >= 0.6 is 0 Å². The summed E-state index contributed by atoms with van der Waals surface area (Å²) in [6, 6.07) is -0.0671. The van der Waals surface area contributed by atoms with Crippen molar-refractivity contribution in [2.24, 2.45) is 0 Å². The minimum Gasteiger partial charge on any atom is -0.354 e. The van der Waals surface area contributed by atoms with E-state index >= 15 is 0 Å². The summed E-state index contributed by atoms with van der Waals surface area (Å²) < 4.78 is 0. The van der Waals surface area contributed by atoms with Crippen molar-refractivity contribution >= 4 is 11.8 Å². The van der Waals surface area contributed by atoms with E-state index < -0.39 is 0 Å². The van der Waals surface area contributed by atoms with Crippen LogP contribution in [0.2, 0.25) is 0 Å². The molecule has 2 N–H and O–H groups in total. The number of carbonyl (C=O) groups is 2. The molecule has 1 atom stereocenters. The summed E-state index contributed by atoms with van der Waals surface area (Å²) in [7, 11) is 2.07. The van der Waals surface area contributed by atoms with E-state index in [0.29, 0.717) is 13.0 Å². The second kappa shape index (κ2) is 7.59. The lowest BCUT2D eigenvalue weighted by Crippen LogP contribution is -2.49. The summed E-state index contributed by atoms with van der Waals surface area (Å²) in [5, 5.41) is 6.08. The Bertz CT molecular complexity index is 334. The van der Waals surface area contributed by atoms with E-state index in [1.54, 1.807) is 0 Å². The van der Waals surface area contributed by atoms with Gasteiger partial charge in [-0.15, -0.1) is 0 Å². The lowest BCUT2D eigenvalue weighted by Gasteiger charge is -2.32. The average molecular weight is 282 g/mol. The molecule has 0 spiro atoms. The Labute approximate surface area is 120 Å². The molecule has 2 fully saturated rings. The number of nitrogens with zero attached hydrogens (tertiary/aromatic N) is 2. The Hall–Kier alpha value is -1.14. The van der Waals surface area contributed by atoms with Crippen molar-refractivity contribution in [3.8, 4) is 0 Å². The molecule has 6 nitrogen and oxygen atoms in total. The summed E-state index contributed by atoms with van der Waals surface area (Å²) in [5.74, 6) is 0.186. The molecule has 2 aliphatic rings. The van der Waals surface area contributed by atoms with Gasteiger partial charge in [-0.2, -0.15) is 0 Å². The smallest absolute Gasteiger partial charge is 0.237 e. The minimum atomic E-state index is -0.0671. The fraction of sp³-hybridized carbons (Fsp3) is 0.857. The molecule has 0 saturated carbocycles. The third kappa shape index (κ3) is 4.45. The van der Waals surface area contributed by atoms with Crippen LogP contribution < -0.4 is 10.6 Å². The van der Waals surface area contributed by atoms with Crippen LogP contribution in [0.4, 0.5) is 0 Å². The predicted octanol–water partition coefficient (Wildman–Crippen LogP) is -0.591. The number of piperidine rings is 1. The zero-order chi connectivity index (χ0) is 14.4. The first-order valence-corrected chi connectivity index (χ1v) is 7.64. The quantitative estimate of drug-likeness (QED) is 0.723. The molecule has 0 aliphatic carbocycles. The first-order chi connectivity index (χ1) is 9.66. The van der Waals surface area contributed by atoms with Crippen LogP contribution in [0.3, 0.4) is 0 Å². The number of carbonyl (C=O) groups excluding carboxylic acids is 2. The van der Waals surface area contributed by atoms with E-state index in [0.717, 1.165) is 52.0 Å². The highest BCUT2D eigenvalue weighted by atomic mass is 16.2. The van der Waals surface area contributed by atoms with E-state index in [2.05, 4.69) is 22.6 Å². The molecule has 6 heteroatoms. The third-order valence-corrected chi connectivity index (χ3v) is 4.12. The molecular formula is C14H26N4O2. The summed E-state index contributed by atoms with van der Waals surface area (Å²) in [6.45, 7) is 4.83. The van der Waals surface area contributed by atoms with Crippen LogP contribution in [0.1, 0.15) is 25.7 Å². The van der Waals surface area contributed by atoms with Crippen molar-refractivity contribution in [2.75, 3.05) is 46.3 Å². The Morgan fingerprint density at radius 1 is 1.20 bits per heavy atom. The van der Waals surface area contributed by atoms with Gasteiger partial charge in [0, 0.05) is 39.1 Å². The second-order valence-corrected chi connectivity index (χ2v) is 5.73. The van der Waals surface area contributed by atoms with Crippen LogP contribution in [0.15, 0.2) is 0 Å². The molecule has 0 bridgehead atoms.